The normalized spacial score (nSPS) is 13.3. The molecular formula is C16H13NO4S. The quantitative estimate of drug-likeness (QED) is 0.776. The van der Waals surface area contributed by atoms with E-state index < -0.39 is 17.9 Å². The second-order valence-corrected chi connectivity index (χ2v) is 5.90. The van der Waals surface area contributed by atoms with Crippen LogP contribution in [-0.4, -0.2) is 23.0 Å². The molecule has 0 aromatic heterocycles. The summed E-state index contributed by atoms with van der Waals surface area (Å²) in [5.41, 5.74) is 0.326. The number of rotatable bonds is 3. The lowest BCUT2D eigenvalue weighted by Crippen LogP contribution is -2.38. The predicted molar refractivity (Wildman–Crippen MR) is 81.6 cm³/mol. The average Bonchev–Trinajstić information content (AvgIpc) is 2.52. The minimum Gasteiger partial charge on any atom is -0.480 e. The summed E-state index contributed by atoms with van der Waals surface area (Å²) >= 11 is 1.52. The van der Waals surface area contributed by atoms with E-state index in [0.29, 0.717) is 17.1 Å². The summed E-state index contributed by atoms with van der Waals surface area (Å²) in [5, 5.41) is 11.3. The fraction of sp³-hybridized carbons (Fsp3) is 0.125. The largest absolute Gasteiger partial charge is 0.480 e. The summed E-state index contributed by atoms with van der Waals surface area (Å²) in [7, 11) is 0. The second kappa shape index (κ2) is 5.73. The van der Waals surface area contributed by atoms with Crippen LogP contribution in [0.2, 0.25) is 0 Å². The van der Waals surface area contributed by atoms with Gasteiger partial charge in [-0.2, -0.15) is 0 Å². The Morgan fingerprint density at radius 3 is 2.64 bits per heavy atom. The van der Waals surface area contributed by atoms with E-state index in [4.69, 9.17) is 9.84 Å². The monoisotopic (exact) mass is 315 g/mol. The molecule has 0 saturated carbocycles. The number of aliphatic carboxylic acids is 1. The maximum absolute atomic E-state index is 12.3. The van der Waals surface area contributed by atoms with Gasteiger partial charge in [0.2, 0.25) is 0 Å². The van der Waals surface area contributed by atoms with Crippen LogP contribution in [0, 0.1) is 0 Å². The van der Waals surface area contributed by atoms with Crippen molar-refractivity contribution in [3.63, 3.8) is 0 Å². The molecule has 0 fully saturated rings. The first-order chi connectivity index (χ1) is 10.6. The summed E-state index contributed by atoms with van der Waals surface area (Å²) in [6, 6.07) is 11.8. The van der Waals surface area contributed by atoms with E-state index in [-0.39, 0.29) is 0 Å². The van der Waals surface area contributed by atoms with Crippen LogP contribution in [0.1, 0.15) is 17.3 Å². The summed E-state index contributed by atoms with van der Waals surface area (Å²) in [4.78, 5) is 25.0. The zero-order valence-corrected chi connectivity index (χ0v) is 12.5. The van der Waals surface area contributed by atoms with Crippen LogP contribution >= 0.6 is 11.8 Å². The lowest BCUT2D eigenvalue weighted by atomic mass is 10.1. The molecule has 0 bridgehead atoms. The van der Waals surface area contributed by atoms with Crippen molar-refractivity contribution >= 4 is 23.6 Å². The highest BCUT2D eigenvalue weighted by atomic mass is 32.2. The molecule has 1 atom stereocenters. The summed E-state index contributed by atoms with van der Waals surface area (Å²) in [6.45, 7) is 1.42. The van der Waals surface area contributed by atoms with Crippen LogP contribution in [0.15, 0.2) is 52.3 Å². The number of amides is 1. The lowest BCUT2D eigenvalue weighted by Gasteiger charge is -2.21. The van der Waals surface area contributed by atoms with Gasteiger partial charge in [0.1, 0.15) is 11.8 Å². The summed E-state index contributed by atoms with van der Waals surface area (Å²) in [5.74, 6) is -0.404. The molecular weight excluding hydrogens is 302 g/mol. The minimum absolute atomic E-state index is 0.326. The van der Waals surface area contributed by atoms with Gasteiger partial charge in [0.05, 0.1) is 15.4 Å². The Kier molecular flexibility index (Phi) is 3.77. The van der Waals surface area contributed by atoms with E-state index in [9.17, 15) is 9.59 Å². The van der Waals surface area contributed by atoms with Gasteiger partial charge < -0.3 is 15.2 Å². The number of para-hydroxylation sites is 2. The molecule has 0 radical (unpaired) electrons. The van der Waals surface area contributed by atoms with Gasteiger partial charge in [0, 0.05) is 0 Å². The predicted octanol–water partition coefficient (Wildman–Crippen LogP) is 3.15. The number of carboxylic acids is 1. The van der Waals surface area contributed by atoms with E-state index in [2.05, 4.69) is 5.32 Å². The second-order valence-electron chi connectivity index (χ2n) is 4.82. The summed E-state index contributed by atoms with van der Waals surface area (Å²) in [6.07, 6.45) is 0. The maximum Gasteiger partial charge on any atom is 0.325 e. The van der Waals surface area contributed by atoms with Crippen molar-refractivity contribution in [2.75, 3.05) is 0 Å². The first-order valence-corrected chi connectivity index (χ1v) is 7.49. The molecule has 112 valence electrons. The molecule has 1 aliphatic rings. The van der Waals surface area contributed by atoms with E-state index in [1.165, 1.54) is 18.7 Å². The fourth-order valence-corrected chi connectivity index (χ4v) is 3.05. The lowest BCUT2D eigenvalue weighted by molar-refractivity contribution is -0.138. The smallest absolute Gasteiger partial charge is 0.325 e. The Balaban J connectivity index is 1.93. The summed E-state index contributed by atoms with van der Waals surface area (Å²) < 4.78 is 5.84. The third-order valence-corrected chi connectivity index (χ3v) is 4.32. The van der Waals surface area contributed by atoms with Crippen molar-refractivity contribution in [2.45, 2.75) is 22.8 Å². The molecule has 0 saturated heterocycles. The van der Waals surface area contributed by atoms with Gasteiger partial charge in [-0.1, -0.05) is 30.0 Å². The molecule has 1 heterocycles. The molecule has 6 heteroatoms. The average molecular weight is 315 g/mol. The Morgan fingerprint density at radius 1 is 1.14 bits per heavy atom. The van der Waals surface area contributed by atoms with Crippen LogP contribution in [0.5, 0.6) is 11.5 Å². The van der Waals surface area contributed by atoms with Gasteiger partial charge >= 0.3 is 5.97 Å². The number of ether oxygens (including phenoxy) is 1. The van der Waals surface area contributed by atoms with Gasteiger partial charge in [0.25, 0.3) is 5.91 Å². The third kappa shape index (κ3) is 2.65. The Labute approximate surface area is 131 Å². The molecule has 0 spiro atoms. The van der Waals surface area contributed by atoms with E-state index >= 15 is 0 Å². The number of hydrogen-bond donors (Lipinski definition) is 2. The van der Waals surface area contributed by atoms with Crippen LogP contribution in [0.3, 0.4) is 0 Å². The van der Waals surface area contributed by atoms with E-state index in [1.807, 2.05) is 30.3 Å². The van der Waals surface area contributed by atoms with Gasteiger partial charge in [-0.25, -0.2) is 0 Å². The Morgan fingerprint density at radius 2 is 1.86 bits per heavy atom. The van der Waals surface area contributed by atoms with Crippen LogP contribution in [0.25, 0.3) is 0 Å². The molecule has 0 unspecified atom stereocenters. The fourth-order valence-electron chi connectivity index (χ4n) is 2.06. The third-order valence-electron chi connectivity index (χ3n) is 3.22. The Bertz CT molecular complexity index is 760. The molecule has 5 nitrogen and oxygen atoms in total. The Hall–Kier alpha value is -2.47. The highest BCUT2D eigenvalue weighted by Gasteiger charge is 2.24. The highest BCUT2D eigenvalue weighted by molar-refractivity contribution is 7.99. The molecule has 2 N–H and O–H groups in total. The van der Waals surface area contributed by atoms with E-state index in [0.717, 1.165) is 9.79 Å². The van der Waals surface area contributed by atoms with Gasteiger partial charge in [-0.05, 0) is 31.2 Å². The SMILES string of the molecule is C[C@@H](NC(=O)c1cccc2c1Oc1ccccc1S2)C(=O)O. The number of fused-ring (bicyclic) bond motifs is 2. The molecule has 1 amide bonds. The highest BCUT2D eigenvalue weighted by Crippen LogP contribution is 2.48. The van der Waals surface area contributed by atoms with Gasteiger partial charge in [-0.15, -0.1) is 0 Å². The van der Waals surface area contributed by atoms with Crippen molar-refractivity contribution in [3.05, 3.63) is 48.0 Å². The maximum atomic E-state index is 12.3. The van der Waals surface area contributed by atoms with Gasteiger partial charge in [0.15, 0.2) is 5.75 Å². The molecule has 1 aliphatic heterocycles. The topological polar surface area (TPSA) is 75.6 Å². The number of hydrogen-bond acceptors (Lipinski definition) is 4. The zero-order valence-electron chi connectivity index (χ0n) is 11.7. The molecule has 2 aromatic rings. The number of carbonyl (C=O) groups is 2. The molecule has 2 aromatic carbocycles. The zero-order chi connectivity index (χ0) is 15.7. The van der Waals surface area contributed by atoms with Crippen molar-refractivity contribution in [1.82, 2.24) is 5.32 Å². The number of carboxylic acid groups (broad SMARTS) is 1. The van der Waals surface area contributed by atoms with Crippen LogP contribution in [-0.2, 0) is 4.79 Å². The number of nitrogens with one attached hydrogen (secondary N) is 1. The van der Waals surface area contributed by atoms with Crippen molar-refractivity contribution in [2.24, 2.45) is 0 Å². The number of benzene rings is 2. The molecule has 0 aliphatic carbocycles. The molecule has 22 heavy (non-hydrogen) atoms. The van der Waals surface area contributed by atoms with Crippen molar-refractivity contribution < 1.29 is 19.4 Å². The number of carbonyl (C=O) groups excluding carboxylic acids is 1. The van der Waals surface area contributed by atoms with E-state index in [1.54, 1.807) is 12.1 Å². The van der Waals surface area contributed by atoms with Crippen LogP contribution < -0.4 is 10.1 Å². The van der Waals surface area contributed by atoms with Crippen molar-refractivity contribution in [3.8, 4) is 11.5 Å². The minimum atomic E-state index is -1.08. The standard InChI is InChI=1S/C16H13NO4S/c1-9(16(19)20)17-15(18)10-5-4-8-13-14(10)21-11-6-2-3-7-12(11)22-13/h2-9H,1H3,(H,17,18)(H,19,20)/t9-/m1/s1. The molecule has 3 rings (SSSR count). The van der Waals surface area contributed by atoms with Crippen molar-refractivity contribution in [1.29, 1.82) is 0 Å². The first-order valence-electron chi connectivity index (χ1n) is 6.67. The first kappa shape index (κ1) is 14.5. The van der Waals surface area contributed by atoms with Gasteiger partial charge in [-0.3, -0.25) is 9.59 Å². The van der Waals surface area contributed by atoms with Crippen LogP contribution in [0.4, 0.5) is 0 Å².